The van der Waals surface area contributed by atoms with E-state index in [1.54, 1.807) is 6.92 Å². The van der Waals surface area contributed by atoms with Crippen molar-refractivity contribution in [1.82, 2.24) is 0 Å². The van der Waals surface area contributed by atoms with Crippen molar-refractivity contribution < 1.29 is 9.90 Å². The molecule has 0 bridgehead atoms. The number of rotatable bonds is 3. The summed E-state index contributed by atoms with van der Waals surface area (Å²) in [5.74, 6) is -0.844. The number of aliphatic carboxylic acids is 1. The molecule has 0 aliphatic carbocycles. The number of anilines is 1. The van der Waals surface area contributed by atoms with E-state index in [9.17, 15) is 4.79 Å². The lowest BCUT2D eigenvalue weighted by molar-refractivity contribution is -0.137. The predicted octanol–water partition coefficient (Wildman–Crippen LogP) is 2.87. The minimum atomic E-state index is -0.844. The zero-order valence-corrected chi connectivity index (χ0v) is 10.2. The highest BCUT2D eigenvalue weighted by Crippen LogP contribution is 2.29. The Labute approximate surface area is 96.5 Å². The van der Waals surface area contributed by atoms with Crippen LogP contribution in [0.1, 0.15) is 33.3 Å². The molecule has 3 heteroatoms. The highest BCUT2D eigenvalue weighted by atomic mass is 16.4. The van der Waals surface area contributed by atoms with Gasteiger partial charge in [-0.2, -0.15) is 0 Å². The van der Waals surface area contributed by atoms with Gasteiger partial charge >= 0.3 is 5.97 Å². The van der Waals surface area contributed by atoms with Crippen LogP contribution in [0.3, 0.4) is 0 Å². The molecule has 2 N–H and O–H groups in total. The minimum absolute atomic E-state index is 0.00180. The molecule has 3 nitrogen and oxygen atoms in total. The summed E-state index contributed by atoms with van der Waals surface area (Å²) in [4.78, 5) is 10.8. The fraction of sp³-hybridized carbons (Fsp3) is 0.462. The van der Waals surface area contributed by atoms with Crippen LogP contribution in [0.2, 0.25) is 0 Å². The average molecular weight is 221 g/mol. The number of hydrogen-bond acceptors (Lipinski definition) is 2. The Kier molecular flexibility index (Phi) is 3.58. The number of benzene rings is 1. The molecule has 88 valence electrons. The standard InChI is InChI=1S/C13H19NO2/c1-9(12(15)16)14-11-8-6-5-7-10(11)13(2,3)4/h5-9,14H,1-4H3,(H,15,16). The third-order valence-corrected chi connectivity index (χ3v) is 2.48. The lowest BCUT2D eigenvalue weighted by Gasteiger charge is -2.24. The van der Waals surface area contributed by atoms with Gasteiger partial charge in [-0.15, -0.1) is 0 Å². The molecule has 1 unspecified atom stereocenters. The first-order valence-corrected chi connectivity index (χ1v) is 5.41. The molecule has 1 atom stereocenters. The Morgan fingerprint density at radius 3 is 2.38 bits per heavy atom. The van der Waals surface area contributed by atoms with Crippen LogP contribution in [0, 0.1) is 0 Å². The summed E-state index contributed by atoms with van der Waals surface area (Å²) < 4.78 is 0. The molecule has 16 heavy (non-hydrogen) atoms. The Morgan fingerprint density at radius 1 is 1.31 bits per heavy atom. The summed E-state index contributed by atoms with van der Waals surface area (Å²) in [6.07, 6.45) is 0. The van der Waals surface area contributed by atoms with Crippen LogP contribution in [0.15, 0.2) is 24.3 Å². The molecule has 1 aromatic carbocycles. The van der Waals surface area contributed by atoms with Crippen molar-refractivity contribution in [1.29, 1.82) is 0 Å². The Balaban J connectivity index is 3.01. The van der Waals surface area contributed by atoms with E-state index in [2.05, 4.69) is 26.1 Å². The zero-order chi connectivity index (χ0) is 12.3. The Bertz CT molecular complexity index is 380. The van der Waals surface area contributed by atoms with Gasteiger partial charge in [0.15, 0.2) is 0 Å². The van der Waals surface area contributed by atoms with E-state index in [0.29, 0.717) is 0 Å². The second-order valence-electron chi connectivity index (χ2n) is 5.00. The maximum absolute atomic E-state index is 10.8. The fourth-order valence-corrected chi connectivity index (χ4v) is 1.56. The predicted molar refractivity (Wildman–Crippen MR) is 65.9 cm³/mol. The minimum Gasteiger partial charge on any atom is -0.480 e. The number of para-hydroxylation sites is 1. The normalized spacial score (nSPS) is 13.2. The number of hydrogen-bond donors (Lipinski definition) is 2. The first kappa shape index (κ1) is 12.6. The molecular weight excluding hydrogens is 202 g/mol. The molecule has 0 aliphatic rings. The van der Waals surface area contributed by atoms with Crippen molar-refractivity contribution in [2.75, 3.05) is 5.32 Å². The quantitative estimate of drug-likeness (QED) is 0.825. The molecule has 0 aliphatic heterocycles. The van der Waals surface area contributed by atoms with Crippen molar-refractivity contribution >= 4 is 11.7 Å². The van der Waals surface area contributed by atoms with E-state index in [1.165, 1.54) is 0 Å². The van der Waals surface area contributed by atoms with Crippen LogP contribution in [-0.4, -0.2) is 17.1 Å². The summed E-state index contributed by atoms with van der Waals surface area (Å²) in [5, 5.41) is 11.9. The van der Waals surface area contributed by atoms with E-state index in [4.69, 9.17) is 5.11 Å². The van der Waals surface area contributed by atoms with Gasteiger partial charge in [0.1, 0.15) is 6.04 Å². The second kappa shape index (κ2) is 4.56. The maximum Gasteiger partial charge on any atom is 0.325 e. The van der Waals surface area contributed by atoms with E-state index in [1.807, 2.05) is 24.3 Å². The average Bonchev–Trinajstić information content (AvgIpc) is 2.16. The van der Waals surface area contributed by atoms with E-state index >= 15 is 0 Å². The van der Waals surface area contributed by atoms with Gasteiger partial charge in [-0.3, -0.25) is 4.79 Å². The van der Waals surface area contributed by atoms with Crippen LogP contribution in [0.5, 0.6) is 0 Å². The molecule has 0 amide bonds. The number of carbonyl (C=O) groups is 1. The monoisotopic (exact) mass is 221 g/mol. The Morgan fingerprint density at radius 2 is 1.88 bits per heavy atom. The van der Waals surface area contributed by atoms with E-state index in [-0.39, 0.29) is 5.41 Å². The number of carboxylic acid groups (broad SMARTS) is 1. The largest absolute Gasteiger partial charge is 0.480 e. The van der Waals surface area contributed by atoms with Crippen molar-refractivity contribution in [3.63, 3.8) is 0 Å². The van der Waals surface area contributed by atoms with Gasteiger partial charge < -0.3 is 10.4 Å². The van der Waals surface area contributed by atoms with Gasteiger partial charge in [0.2, 0.25) is 0 Å². The molecule has 0 spiro atoms. The van der Waals surface area contributed by atoms with E-state index in [0.717, 1.165) is 11.3 Å². The van der Waals surface area contributed by atoms with Crippen molar-refractivity contribution in [2.45, 2.75) is 39.2 Å². The van der Waals surface area contributed by atoms with Crippen LogP contribution >= 0.6 is 0 Å². The van der Waals surface area contributed by atoms with Gasteiger partial charge in [-0.05, 0) is 24.0 Å². The first-order valence-electron chi connectivity index (χ1n) is 5.41. The zero-order valence-electron chi connectivity index (χ0n) is 10.2. The lowest BCUT2D eigenvalue weighted by atomic mass is 9.85. The van der Waals surface area contributed by atoms with Gasteiger partial charge in [-0.25, -0.2) is 0 Å². The van der Waals surface area contributed by atoms with Crippen LogP contribution in [0.4, 0.5) is 5.69 Å². The van der Waals surface area contributed by atoms with Gasteiger partial charge in [0.25, 0.3) is 0 Å². The fourth-order valence-electron chi connectivity index (χ4n) is 1.56. The highest BCUT2D eigenvalue weighted by molar-refractivity contribution is 5.77. The number of carboxylic acids is 1. The molecule has 0 saturated carbocycles. The van der Waals surface area contributed by atoms with E-state index < -0.39 is 12.0 Å². The maximum atomic E-state index is 10.8. The molecule has 1 aromatic rings. The van der Waals surface area contributed by atoms with Crippen LogP contribution < -0.4 is 5.32 Å². The SMILES string of the molecule is CC(Nc1ccccc1C(C)(C)C)C(=O)O. The molecule has 1 rings (SSSR count). The third-order valence-electron chi connectivity index (χ3n) is 2.48. The van der Waals surface area contributed by atoms with Gasteiger partial charge in [0.05, 0.1) is 0 Å². The third kappa shape index (κ3) is 2.99. The summed E-state index contributed by atoms with van der Waals surface area (Å²) >= 11 is 0. The molecule has 0 aromatic heterocycles. The topological polar surface area (TPSA) is 49.3 Å². The van der Waals surface area contributed by atoms with Crippen molar-refractivity contribution in [3.8, 4) is 0 Å². The first-order chi connectivity index (χ1) is 7.32. The van der Waals surface area contributed by atoms with Crippen molar-refractivity contribution in [2.24, 2.45) is 0 Å². The van der Waals surface area contributed by atoms with Crippen LogP contribution in [-0.2, 0) is 10.2 Å². The highest BCUT2D eigenvalue weighted by Gasteiger charge is 2.19. The smallest absolute Gasteiger partial charge is 0.325 e. The molecule has 0 fully saturated rings. The summed E-state index contributed by atoms with van der Waals surface area (Å²) in [6, 6.07) is 7.24. The van der Waals surface area contributed by atoms with Gasteiger partial charge in [-0.1, -0.05) is 39.0 Å². The molecule has 0 heterocycles. The molecular formula is C13H19NO2. The second-order valence-corrected chi connectivity index (χ2v) is 5.00. The number of nitrogens with one attached hydrogen (secondary N) is 1. The molecule has 0 radical (unpaired) electrons. The summed E-state index contributed by atoms with van der Waals surface area (Å²) in [7, 11) is 0. The van der Waals surface area contributed by atoms with Gasteiger partial charge in [0, 0.05) is 5.69 Å². The molecule has 0 saturated heterocycles. The Hall–Kier alpha value is -1.51. The lowest BCUT2D eigenvalue weighted by Crippen LogP contribution is -2.27. The summed E-state index contributed by atoms with van der Waals surface area (Å²) in [6.45, 7) is 7.97. The van der Waals surface area contributed by atoms with Crippen LogP contribution in [0.25, 0.3) is 0 Å². The summed E-state index contributed by atoms with van der Waals surface area (Å²) in [5.41, 5.74) is 2.02. The van der Waals surface area contributed by atoms with Crippen molar-refractivity contribution in [3.05, 3.63) is 29.8 Å².